The Hall–Kier alpha value is -4.44. The number of aliphatic hydroxyl groups excluding tert-OH is 2. The molecule has 6 rings (SSSR count). The number of rotatable bonds is 6. The third-order valence-corrected chi connectivity index (χ3v) is 11.6. The SMILES string of the molecule is COC(=O)/C=C1\C[C@H]2C[C@H](CO)OC(=O)C[C@H](O)C[C@@H]3CCC[C@H](C[C@@H]4CCC[C@H](/C=C\C(C)(C)[C@](O)(O2)[C@H]1OC(=O)c1cccc(NC(=O)c2ccccc2)c1)O4)O3. The summed E-state index contributed by atoms with van der Waals surface area (Å²) in [5.74, 6) is -5.13. The smallest absolute Gasteiger partial charge is 0.339 e. The number of amides is 1. The van der Waals surface area contributed by atoms with Crippen molar-refractivity contribution in [1.82, 2.24) is 0 Å². The molecule has 9 atom stereocenters. The van der Waals surface area contributed by atoms with Gasteiger partial charge in [0, 0.05) is 35.6 Å². The van der Waals surface area contributed by atoms with Gasteiger partial charge < -0.3 is 49.1 Å². The summed E-state index contributed by atoms with van der Waals surface area (Å²) in [5, 5.41) is 36.9. The maximum absolute atomic E-state index is 14.1. The predicted molar refractivity (Wildman–Crippen MR) is 214 cm³/mol. The third kappa shape index (κ3) is 11.4. The van der Waals surface area contributed by atoms with Crippen LogP contribution in [0.25, 0.3) is 0 Å². The Balaban J connectivity index is 1.33. The Morgan fingerprint density at radius 1 is 0.881 bits per heavy atom. The summed E-state index contributed by atoms with van der Waals surface area (Å²) < 4.78 is 36.1. The van der Waals surface area contributed by atoms with Gasteiger partial charge in [-0.2, -0.15) is 0 Å². The molecule has 0 aromatic heterocycles. The summed E-state index contributed by atoms with van der Waals surface area (Å²) in [6, 6.07) is 14.7. The van der Waals surface area contributed by atoms with Crippen molar-refractivity contribution in [2.75, 3.05) is 19.0 Å². The topological polar surface area (TPSA) is 196 Å². The zero-order valence-electron chi connectivity index (χ0n) is 34.0. The average molecular weight is 820 g/mol. The van der Waals surface area contributed by atoms with Crippen molar-refractivity contribution < 1.29 is 62.9 Å². The number of nitrogens with one attached hydrogen (secondary N) is 1. The molecule has 0 aliphatic carbocycles. The van der Waals surface area contributed by atoms with Gasteiger partial charge in [0.05, 0.1) is 62.3 Å². The van der Waals surface area contributed by atoms with E-state index in [1.807, 2.05) is 6.08 Å². The van der Waals surface area contributed by atoms with E-state index in [1.54, 1.807) is 62.4 Å². The average Bonchev–Trinajstić information content (AvgIpc) is 3.21. The Morgan fingerprint density at radius 3 is 2.31 bits per heavy atom. The molecule has 1 amide bonds. The maximum Gasteiger partial charge on any atom is 0.339 e. The molecule has 3 saturated heterocycles. The Labute approximate surface area is 344 Å². The van der Waals surface area contributed by atoms with Gasteiger partial charge in [0.15, 0.2) is 6.10 Å². The van der Waals surface area contributed by atoms with Gasteiger partial charge in [0.1, 0.15) is 6.10 Å². The van der Waals surface area contributed by atoms with Crippen LogP contribution in [-0.4, -0.2) is 107 Å². The van der Waals surface area contributed by atoms with Crippen LogP contribution in [0.3, 0.4) is 0 Å². The maximum atomic E-state index is 14.1. The molecule has 0 saturated carbocycles. The van der Waals surface area contributed by atoms with E-state index in [2.05, 4.69) is 5.32 Å². The van der Waals surface area contributed by atoms with Gasteiger partial charge in [-0.15, -0.1) is 0 Å². The molecule has 0 spiro atoms. The second-order valence-corrected chi connectivity index (χ2v) is 16.5. The number of esters is 3. The van der Waals surface area contributed by atoms with Gasteiger partial charge in [-0.05, 0) is 87.3 Å². The molecule has 4 aliphatic heterocycles. The molecule has 4 aliphatic rings. The van der Waals surface area contributed by atoms with E-state index >= 15 is 0 Å². The van der Waals surface area contributed by atoms with Crippen molar-refractivity contribution in [3.05, 3.63) is 89.5 Å². The minimum absolute atomic E-state index is 0.0450. The van der Waals surface area contributed by atoms with Gasteiger partial charge in [-0.3, -0.25) is 9.59 Å². The van der Waals surface area contributed by atoms with E-state index in [1.165, 1.54) is 19.2 Å². The van der Waals surface area contributed by atoms with Crippen molar-refractivity contribution >= 4 is 29.5 Å². The molecule has 6 bridgehead atoms. The van der Waals surface area contributed by atoms with Crippen LogP contribution in [0, 0.1) is 5.41 Å². The summed E-state index contributed by atoms with van der Waals surface area (Å²) in [5.41, 5.74) is -0.406. The highest BCUT2D eigenvalue weighted by Gasteiger charge is 2.57. The molecule has 0 unspecified atom stereocenters. The monoisotopic (exact) mass is 819 g/mol. The Kier molecular flexibility index (Phi) is 14.8. The number of hydrogen-bond donors (Lipinski definition) is 4. The van der Waals surface area contributed by atoms with Crippen molar-refractivity contribution in [2.24, 2.45) is 5.41 Å². The Morgan fingerprint density at radius 2 is 1.58 bits per heavy atom. The summed E-state index contributed by atoms with van der Waals surface area (Å²) in [6.45, 7) is 2.81. The van der Waals surface area contributed by atoms with Crippen molar-refractivity contribution in [2.45, 2.75) is 139 Å². The number of aliphatic hydroxyl groups is 3. The van der Waals surface area contributed by atoms with Crippen LogP contribution in [0.4, 0.5) is 5.69 Å². The molecular weight excluding hydrogens is 762 g/mol. The summed E-state index contributed by atoms with van der Waals surface area (Å²) in [6.07, 6.45) is 4.87. The van der Waals surface area contributed by atoms with E-state index in [0.717, 1.165) is 44.6 Å². The van der Waals surface area contributed by atoms with Crippen LogP contribution in [0.5, 0.6) is 0 Å². The lowest BCUT2D eigenvalue weighted by atomic mass is 9.74. The lowest BCUT2D eigenvalue weighted by Crippen LogP contribution is -2.62. The van der Waals surface area contributed by atoms with Crippen LogP contribution >= 0.6 is 0 Å². The van der Waals surface area contributed by atoms with Gasteiger partial charge in [0.2, 0.25) is 5.79 Å². The molecule has 0 radical (unpaired) electrons. The van der Waals surface area contributed by atoms with E-state index < -0.39 is 60.1 Å². The minimum atomic E-state index is -2.36. The van der Waals surface area contributed by atoms with Gasteiger partial charge >= 0.3 is 17.9 Å². The minimum Gasteiger partial charge on any atom is -0.466 e. The number of fused-ring (bicyclic) bond motifs is 6. The molecule has 2 aromatic carbocycles. The van der Waals surface area contributed by atoms with Crippen molar-refractivity contribution in [1.29, 1.82) is 0 Å². The quantitative estimate of drug-likeness (QED) is 0.126. The van der Waals surface area contributed by atoms with Crippen LogP contribution in [0.2, 0.25) is 0 Å². The molecule has 320 valence electrons. The zero-order valence-corrected chi connectivity index (χ0v) is 34.0. The van der Waals surface area contributed by atoms with Gasteiger partial charge in [-0.1, -0.05) is 50.3 Å². The molecule has 2 aromatic rings. The highest BCUT2D eigenvalue weighted by atomic mass is 16.7. The van der Waals surface area contributed by atoms with Gasteiger partial charge in [0.25, 0.3) is 5.91 Å². The third-order valence-electron chi connectivity index (χ3n) is 11.6. The number of anilines is 1. The number of ether oxygens (including phenoxy) is 6. The molecular formula is C45H57NO13. The van der Waals surface area contributed by atoms with Crippen LogP contribution < -0.4 is 5.32 Å². The lowest BCUT2D eigenvalue weighted by molar-refractivity contribution is -0.324. The van der Waals surface area contributed by atoms with E-state index in [9.17, 15) is 34.5 Å². The first-order valence-electron chi connectivity index (χ1n) is 20.6. The lowest BCUT2D eigenvalue weighted by Gasteiger charge is -2.51. The first-order valence-corrected chi connectivity index (χ1v) is 20.6. The number of carbonyl (C=O) groups is 4. The van der Waals surface area contributed by atoms with Gasteiger partial charge in [-0.25, -0.2) is 9.59 Å². The highest BCUT2D eigenvalue weighted by Crippen LogP contribution is 2.47. The Bertz CT molecular complexity index is 1850. The molecule has 59 heavy (non-hydrogen) atoms. The summed E-state index contributed by atoms with van der Waals surface area (Å²) in [4.78, 5) is 52.9. The zero-order chi connectivity index (χ0) is 42.2. The first-order chi connectivity index (χ1) is 28.2. The van der Waals surface area contributed by atoms with E-state index in [0.29, 0.717) is 17.7 Å². The second-order valence-electron chi connectivity index (χ2n) is 16.5. The summed E-state index contributed by atoms with van der Waals surface area (Å²) in [7, 11) is 1.19. The number of hydrogen-bond acceptors (Lipinski definition) is 13. The van der Waals surface area contributed by atoms with Crippen molar-refractivity contribution in [3.8, 4) is 0 Å². The second kappa shape index (κ2) is 19.7. The number of cyclic esters (lactones) is 1. The van der Waals surface area contributed by atoms with E-state index in [-0.39, 0.29) is 67.1 Å². The first kappa shape index (κ1) is 44.1. The molecule has 14 heteroatoms. The number of carbonyl (C=O) groups excluding carboxylic acids is 4. The van der Waals surface area contributed by atoms with Crippen molar-refractivity contribution in [3.63, 3.8) is 0 Å². The molecule has 4 heterocycles. The van der Waals surface area contributed by atoms with Crippen LogP contribution in [-0.2, 0) is 38.0 Å². The number of benzene rings is 2. The molecule has 3 fully saturated rings. The standard InChI is InChI=1S/C45H57NO13/c1-44(2)19-18-33-14-8-16-35(55-33)25-36-17-9-15-34(56-36)23-32(48)24-40(50)57-38(27-47)26-37-21-30(22-39(49)54-3)41(45(44,53)59-37)58-43(52)29-12-7-13-31(20-29)46-42(51)28-10-5-4-6-11-28/h4-7,10-13,18-20,22,32-38,41,47-48,53H,8-9,14-17,21,23-27H2,1-3H3,(H,46,51)/b19-18-,30-22+/t32-,33-,34+,35+,36-,37+,38-,41+,45-/m1/s1. The predicted octanol–water partition coefficient (Wildman–Crippen LogP) is 5.34. The fourth-order valence-electron chi connectivity index (χ4n) is 8.39. The number of methoxy groups -OCH3 is 1. The fourth-order valence-corrected chi connectivity index (χ4v) is 8.39. The molecule has 14 nitrogen and oxygen atoms in total. The summed E-state index contributed by atoms with van der Waals surface area (Å²) >= 11 is 0. The normalized spacial score (nSPS) is 32.8. The van der Waals surface area contributed by atoms with Crippen LogP contribution in [0.15, 0.2) is 78.4 Å². The van der Waals surface area contributed by atoms with Crippen LogP contribution in [0.1, 0.15) is 105 Å². The highest BCUT2D eigenvalue weighted by molar-refractivity contribution is 6.04. The molecule has 4 N–H and O–H groups in total. The van der Waals surface area contributed by atoms with E-state index in [4.69, 9.17) is 28.4 Å². The largest absolute Gasteiger partial charge is 0.466 e. The fraction of sp³-hybridized carbons (Fsp3) is 0.556.